The van der Waals surface area contributed by atoms with Crippen LogP contribution in [0, 0.1) is 6.92 Å². The van der Waals surface area contributed by atoms with Crippen LogP contribution in [-0.2, 0) is 11.3 Å². The first-order chi connectivity index (χ1) is 11.3. The highest BCUT2D eigenvalue weighted by atomic mass is 32.1. The summed E-state index contributed by atoms with van der Waals surface area (Å²) in [6.45, 7) is 3.56. The second-order valence-electron chi connectivity index (χ2n) is 5.83. The molecule has 0 aliphatic carbocycles. The van der Waals surface area contributed by atoms with Crippen LogP contribution in [0.3, 0.4) is 0 Å². The Morgan fingerprint density at radius 1 is 1.22 bits per heavy atom. The van der Waals surface area contributed by atoms with Crippen LogP contribution in [0.2, 0.25) is 0 Å². The van der Waals surface area contributed by atoms with Gasteiger partial charge in [-0.1, -0.05) is 30.3 Å². The summed E-state index contributed by atoms with van der Waals surface area (Å²) in [5, 5.41) is 4.57. The summed E-state index contributed by atoms with van der Waals surface area (Å²) >= 11 is 1.77. The normalized spacial score (nSPS) is 17.7. The molecular formula is C18H19N3OS. The Hall–Kier alpha value is -1.98. The van der Waals surface area contributed by atoms with Gasteiger partial charge in [0.2, 0.25) is 0 Å². The van der Waals surface area contributed by atoms with Crippen LogP contribution < -0.4 is 0 Å². The van der Waals surface area contributed by atoms with Gasteiger partial charge in [-0.15, -0.1) is 11.3 Å². The number of hydrogen-bond acceptors (Lipinski definition) is 4. The summed E-state index contributed by atoms with van der Waals surface area (Å²) < 4.78 is 7.78. The summed E-state index contributed by atoms with van der Waals surface area (Å²) in [4.78, 5) is 7.09. The smallest absolute Gasteiger partial charge is 0.168 e. The molecule has 1 aliphatic rings. The Morgan fingerprint density at radius 3 is 2.87 bits per heavy atom. The zero-order valence-corrected chi connectivity index (χ0v) is 13.9. The van der Waals surface area contributed by atoms with Crippen molar-refractivity contribution in [2.75, 3.05) is 6.61 Å². The molecule has 1 saturated heterocycles. The fourth-order valence-corrected chi connectivity index (χ4v) is 4.04. The van der Waals surface area contributed by atoms with Crippen LogP contribution >= 0.6 is 11.3 Å². The molecule has 1 aliphatic heterocycles. The molecule has 0 saturated carbocycles. The Balaban J connectivity index is 1.63. The van der Waals surface area contributed by atoms with E-state index in [1.807, 2.05) is 17.7 Å². The maximum atomic E-state index is 5.79. The van der Waals surface area contributed by atoms with Gasteiger partial charge in [0, 0.05) is 11.5 Å². The third-order valence-electron chi connectivity index (χ3n) is 4.05. The van der Waals surface area contributed by atoms with Crippen LogP contribution in [0.4, 0.5) is 0 Å². The van der Waals surface area contributed by atoms with E-state index in [0.717, 1.165) is 42.5 Å². The first kappa shape index (κ1) is 14.6. The van der Waals surface area contributed by atoms with Gasteiger partial charge in [-0.2, -0.15) is 5.10 Å². The molecule has 0 amide bonds. The zero-order valence-electron chi connectivity index (χ0n) is 13.1. The molecule has 0 N–H and O–H groups in total. The number of ether oxygens (including phenoxy) is 1. The number of benzene rings is 1. The first-order valence-electron chi connectivity index (χ1n) is 7.97. The van der Waals surface area contributed by atoms with E-state index in [9.17, 15) is 0 Å². The highest BCUT2D eigenvalue weighted by Crippen LogP contribution is 2.36. The Kier molecular flexibility index (Phi) is 3.97. The number of aryl methyl sites for hydroxylation is 1. The molecule has 0 spiro atoms. The quantitative estimate of drug-likeness (QED) is 0.721. The molecule has 0 bridgehead atoms. The van der Waals surface area contributed by atoms with Crippen molar-refractivity contribution in [3.8, 4) is 10.7 Å². The van der Waals surface area contributed by atoms with Gasteiger partial charge in [0.1, 0.15) is 5.82 Å². The van der Waals surface area contributed by atoms with Crippen LogP contribution in [0.1, 0.15) is 35.2 Å². The van der Waals surface area contributed by atoms with E-state index in [4.69, 9.17) is 4.74 Å². The van der Waals surface area contributed by atoms with Crippen molar-refractivity contribution in [2.45, 2.75) is 32.4 Å². The highest BCUT2D eigenvalue weighted by molar-refractivity contribution is 7.15. The van der Waals surface area contributed by atoms with Crippen LogP contribution in [0.15, 0.2) is 42.5 Å². The van der Waals surface area contributed by atoms with Crippen LogP contribution in [0.25, 0.3) is 10.7 Å². The van der Waals surface area contributed by atoms with Gasteiger partial charge in [0.15, 0.2) is 5.82 Å². The van der Waals surface area contributed by atoms with Gasteiger partial charge in [-0.3, -0.25) is 0 Å². The summed E-state index contributed by atoms with van der Waals surface area (Å²) in [5.41, 5.74) is 1.23. The average Bonchev–Trinajstić information content (AvgIpc) is 3.27. The SMILES string of the molecule is Cc1nc(-c2ccc([C@@H]3CCCO3)s2)n(Cc2ccccc2)n1. The Morgan fingerprint density at radius 2 is 2.09 bits per heavy atom. The van der Waals surface area contributed by atoms with Crippen molar-refractivity contribution in [3.63, 3.8) is 0 Å². The predicted molar refractivity (Wildman–Crippen MR) is 91.5 cm³/mol. The molecule has 0 unspecified atom stereocenters. The van der Waals surface area contributed by atoms with E-state index >= 15 is 0 Å². The molecule has 2 aromatic heterocycles. The second-order valence-corrected chi connectivity index (χ2v) is 6.94. The topological polar surface area (TPSA) is 39.9 Å². The summed E-state index contributed by atoms with van der Waals surface area (Å²) in [6.07, 6.45) is 2.54. The summed E-state index contributed by atoms with van der Waals surface area (Å²) in [5.74, 6) is 1.75. The molecule has 0 radical (unpaired) electrons. The molecule has 3 aromatic rings. The zero-order chi connectivity index (χ0) is 15.6. The van der Waals surface area contributed by atoms with Gasteiger partial charge in [0.05, 0.1) is 17.5 Å². The molecule has 1 fully saturated rings. The van der Waals surface area contributed by atoms with Gasteiger partial charge in [-0.05, 0) is 37.5 Å². The van der Waals surface area contributed by atoms with Crippen molar-refractivity contribution in [3.05, 3.63) is 58.7 Å². The summed E-state index contributed by atoms with van der Waals surface area (Å²) in [6, 6.07) is 14.7. The number of thiophene rings is 1. The molecule has 5 heteroatoms. The molecular weight excluding hydrogens is 306 g/mol. The van der Waals surface area contributed by atoms with Crippen LogP contribution in [0.5, 0.6) is 0 Å². The van der Waals surface area contributed by atoms with Crippen molar-refractivity contribution in [2.24, 2.45) is 0 Å². The Bertz CT molecular complexity index is 788. The van der Waals surface area contributed by atoms with E-state index in [-0.39, 0.29) is 6.10 Å². The van der Waals surface area contributed by atoms with Crippen molar-refractivity contribution >= 4 is 11.3 Å². The van der Waals surface area contributed by atoms with E-state index in [1.165, 1.54) is 10.4 Å². The third kappa shape index (κ3) is 3.07. The average molecular weight is 325 g/mol. The Labute approximate surface area is 139 Å². The fraction of sp³-hybridized carbons (Fsp3) is 0.333. The largest absolute Gasteiger partial charge is 0.373 e. The lowest BCUT2D eigenvalue weighted by atomic mass is 10.2. The number of hydrogen-bond donors (Lipinski definition) is 0. The molecule has 4 nitrogen and oxygen atoms in total. The van der Waals surface area contributed by atoms with Gasteiger partial charge in [-0.25, -0.2) is 9.67 Å². The van der Waals surface area contributed by atoms with Gasteiger partial charge < -0.3 is 4.74 Å². The minimum Gasteiger partial charge on any atom is -0.373 e. The number of nitrogens with zero attached hydrogens (tertiary/aromatic N) is 3. The molecule has 4 rings (SSSR count). The van der Waals surface area contributed by atoms with Crippen molar-refractivity contribution < 1.29 is 4.74 Å². The first-order valence-corrected chi connectivity index (χ1v) is 8.78. The standard InChI is InChI=1S/C18H19N3OS/c1-13-19-18(21(20-13)12-14-6-3-2-4-7-14)17-10-9-16(23-17)15-8-5-11-22-15/h2-4,6-7,9-10,15H,5,8,11-12H2,1H3/t15-/m0/s1. The van der Waals surface area contributed by atoms with E-state index < -0.39 is 0 Å². The molecule has 1 atom stereocenters. The number of aromatic nitrogens is 3. The summed E-state index contributed by atoms with van der Waals surface area (Å²) in [7, 11) is 0. The highest BCUT2D eigenvalue weighted by Gasteiger charge is 2.21. The lowest BCUT2D eigenvalue weighted by molar-refractivity contribution is 0.114. The lowest BCUT2D eigenvalue weighted by Crippen LogP contribution is -2.03. The minimum absolute atomic E-state index is 0.264. The minimum atomic E-state index is 0.264. The molecule has 1 aromatic carbocycles. The van der Waals surface area contributed by atoms with E-state index in [1.54, 1.807) is 11.3 Å². The lowest BCUT2D eigenvalue weighted by Gasteiger charge is -2.06. The van der Waals surface area contributed by atoms with E-state index in [0.29, 0.717) is 0 Å². The third-order valence-corrected chi connectivity index (χ3v) is 5.22. The maximum Gasteiger partial charge on any atom is 0.168 e. The van der Waals surface area contributed by atoms with Crippen molar-refractivity contribution in [1.29, 1.82) is 0 Å². The predicted octanol–water partition coefficient (Wildman–Crippen LogP) is 4.21. The van der Waals surface area contributed by atoms with Gasteiger partial charge >= 0.3 is 0 Å². The fourth-order valence-electron chi connectivity index (χ4n) is 2.95. The molecule has 3 heterocycles. The van der Waals surface area contributed by atoms with Gasteiger partial charge in [0.25, 0.3) is 0 Å². The molecule has 118 valence electrons. The van der Waals surface area contributed by atoms with Crippen LogP contribution in [-0.4, -0.2) is 21.4 Å². The van der Waals surface area contributed by atoms with E-state index in [2.05, 4.69) is 46.5 Å². The van der Waals surface area contributed by atoms with Crippen molar-refractivity contribution in [1.82, 2.24) is 14.8 Å². The number of rotatable bonds is 4. The maximum absolute atomic E-state index is 5.79. The molecule has 23 heavy (non-hydrogen) atoms. The second kappa shape index (κ2) is 6.26. The monoisotopic (exact) mass is 325 g/mol.